The molecule has 2 aromatic rings. The van der Waals surface area contributed by atoms with Crippen LogP contribution in [-0.2, 0) is 6.61 Å². The van der Waals surface area contributed by atoms with Gasteiger partial charge in [0.25, 0.3) is 0 Å². The van der Waals surface area contributed by atoms with E-state index in [0.29, 0.717) is 0 Å². The van der Waals surface area contributed by atoms with Crippen molar-refractivity contribution in [1.82, 2.24) is 5.43 Å². The number of primary amides is 1. The molecular formula is C15H14FN3O2. The van der Waals surface area contributed by atoms with Crippen LogP contribution in [0.5, 0.6) is 5.75 Å². The molecule has 6 heteroatoms. The van der Waals surface area contributed by atoms with Gasteiger partial charge in [0, 0.05) is 5.56 Å². The number of carbonyl (C=O) groups excluding carboxylic acids is 1. The lowest BCUT2D eigenvalue weighted by molar-refractivity contribution is 0.249. The van der Waals surface area contributed by atoms with Crippen LogP contribution in [0.2, 0.25) is 0 Å². The maximum Gasteiger partial charge on any atom is 0.332 e. The number of hydrogen-bond donors (Lipinski definition) is 2. The molecule has 0 unspecified atom stereocenters. The van der Waals surface area contributed by atoms with E-state index in [2.05, 4.69) is 10.5 Å². The molecule has 0 fully saturated rings. The summed E-state index contributed by atoms with van der Waals surface area (Å²) in [6.07, 6.45) is 1.45. The second kappa shape index (κ2) is 7.04. The van der Waals surface area contributed by atoms with Crippen molar-refractivity contribution in [3.8, 4) is 5.75 Å². The second-order valence-corrected chi connectivity index (χ2v) is 4.15. The molecule has 0 heterocycles. The molecule has 0 bridgehead atoms. The Balaban J connectivity index is 2.08. The van der Waals surface area contributed by atoms with Crippen molar-refractivity contribution in [2.45, 2.75) is 6.61 Å². The summed E-state index contributed by atoms with van der Waals surface area (Å²) in [5.74, 6) is -0.237. The molecule has 0 atom stereocenters. The average molecular weight is 287 g/mol. The van der Waals surface area contributed by atoms with E-state index < -0.39 is 11.8 Å². The fraction of sp³-hybridized carbons (Fsp3) is 0.0667. The zero-order chi connectivity index (χ0) is 15.1. The van der Waals surface area contributed by atoms with Crippen LogP contribution in [0.15, 0.2) is 53.6 Å². The highest BCUT2D eigenvalue weighted by Gasteiger charge is 2.04. The van der Waals surface area contributed by atoms with Crippen molar-refractivity contribution in [3.05, 3.63) is 65.5 Å². The van der Waals surface area contributed by atoms with Crippen LogP contribution < -0.4 is 15.9 Å². The zero-order valence-corrected chi connectivity index (χ0v) is 11.1. The third-order valence-electron chi connectivity index (χ3n) is 2.65. The van der Waals surface area contributed by atoms with Crippen LogP contribution in [0, 0.1) is 5.82 Å². The Kier molecular flexibility index (Phi) is 4.87. The molecule has 0 aliphatic rings. The lowest BCUT2D eigenvalue weighted by Crippen LogP contribution is -2.24. The van der Waals surface area contributed by atoms with Gasteiger partial charge in [0.05, 0.1) is 6.21 Å². The Morgan fingerprint density at radius 2 is 1.95 bits per heavy atom. The van der Waals surface area contributed by atoms with Crippen molar-refractivity contribution < 1.29 is 13.9 Å². The van der Waals surface area contributed by atoms with Gasteiger partial charge < -0.3 is 10.5 Å². The third-order valence-corrected chi connectivity index (χ3v) is 2.65. The minimum atomic E-state index is -0.744. The number of nitrogens with zero attached hydrogens (tertiary/aromatic N) is 1. The van der Waals surface area contributed by atoms with Gasteiger partial charge in [0.1, 0.15) is 6.61 Å². The van der Waals surface area contributed by atoms with Gasteiger partial charge in [-0.25, -0.2) is 14.6 Å². The predicted molar refractivity (Wildman–Crippen MR) is 77.5 cm³/mol. The molecule has 108 valence electrons. The van der Waals surface area contributed by atoms with Gasteiger partial charge in [-0.05, 0) is 17.7 Å². The van der Waals surface area contributed by atoms with Crippen LogP contribution in [-0.4, -0.2) is 12.2 Å². The number of para-hydroxylation sites is 1. The van der Waals surface area contributed by atoms with Crippen LogP contribution in [0.4, 0.5) is 9.18 Å². The van der Waals surface area contributed by atoms with E-state index in [1.165, 1.54) is 12.3 Å². The Morgan fingerprint density at radius 3 is 2.71 bits per heavy atom. The number of nitrogens with two attached hydrogens (primary N) is 1. The summed E-state index contributed by atoms with van der Waals surface area (Å²) in [5.41, 5.74) is 8.57. The van der Waals surface area contributed by atoms with Crippen molar-refractivity contribution in [1.29, 1.82) is 0 Å². The number of ether oxygens (including phenoxy) is 1. The molecule has 3 N–H and O–H groups in total. The summed E-state index contributed by atoms with van der Waals surface area (Å²) >= 11 is 0. The van der Waals surface area contributed by atoms with E-state index in [1.807, 2.05) is 18.2 Å². The SMILES string of the molecule is NC(=O)NN=Cc1ccccc1COc1ccccc1F. The van der Waals surface area contributed by atoms with E-state index >= 15 is 0 Å². The number of urea groups is 1. The summed E-state index contributed by atoms with van der Waals surface area (Å²) in [4.78, 5) is 10.6. The minimum absolute atomic E-state index is 0.180. The fourth-order valence-electron chi connectivity index (χ4n) is 1.67. The van der Waals surface area contributed by atoms with Crippen molar-refractivity contribution >= 4 is 12.2 Å². The standard InChI is InChI=1S/C15H14FN3O2/c16-13-7-3-4-8-14(13)21-10-12-6-2-1-5-11(12)9-18-19-15(17)20/h1-9H,10H2,(H3,17,19,20). The number of halogens is 1. The first-order valence-corrected chi connectivity index (χ1v) is 6.20. The van der Waals surface area contributed by atoms with E-state index in [9.17, 15) is 9.18 Å². The summed E-state index contributed by atoms with van der Waals surface area (Å²) in [7, 11) is 0. The van der Waals surface area contributed by atoms with Crippen molar-refractivity contribution in [2.75, 3.05) is 0 Å². The summed E-state index contributed by atoms with van der Waals surface area (Å²) in [5, 5.41) is 3.70. The van der Waals surface area contributed by atoms with E-state index in [-0.39, 0.29) is 12.4 Å². The molecule has 2 aromatic carbocycles. The molecule has 5 nitrogen and oxygen atoms in total. The van der Waals surface area contributed by atoms with E-state index in [1.54, 1.807) is 24.3 Å². The van der Waals surface area contributed by atoms with E-state index in [0.717, 1.165) is 11.1 Å². The number of hydrogen-bond acceptors (Lipinski definition) is 3. The van der Waals surface area contributed by atoms with Gasteiger partial charge in [-0.1, -0.05) is 36.4 Å². The highest BCUT2D eigenvalue weighted by Crippen LogP contribution is 2.18. The monoisotopic (exact) mass is 287 g/mol. The molecule has 0 spiro atoms. The highest BCUT2D eigenvalue weighted by molar-refractivity contribution is 5.83. The van der Waals surface area contributed by atoms with Crippen LogP contribution in [0.1, 0.15) is 11.1 Å². The molecule has 2 rings (SSSR count). The van der Waals surface area contributed by atoms with Gasteiger partial charge >= 0.3 is 6.03 Å². The molecule has 0 aliphatic heterocycles. The molecule has 0 aliphatic carbocycles. The number of rotatable bonds is 5. The molecule has 0 aromatic heterocycles. The maximum atomic E-state index is 13.5. The average Bonchev–Trinajstić information content (AvgIpc) is 2.47. The number of amides is 2. The molecule has 21 heavy (non-hydrogen) atoms. The first-order chi connectivity index (χ1) is 10.2. The lowest BCUT2D eigenvalue weighted by atomic mass is 10.1. The number of benzene rings is 2. The van der Waals surface area contributed by atoms with Gasteiger partial charge in [-0.2, -0.15) is 5.10 Å². The predicted octanol–water partition coefficient (Wildman–Crippen LogP) is 2.41. The van der Waals surface area contributed by atoms with Gasteiger partial charge in [0.2, 0.25) is 0 Å². The van der Waals surface area contributed by atoms with Gasteiger partial charge in [0.15, 0.2) is 11.6 Å². The maximum absolute atomic E-state index is 13.5. The summed E-state index contributed by atoms with van der Waals surface area (Å²) in [6.45, 7) is 0.180. The zero-order valence-electron chi connectivity index (χ0n) is 11.1. The molecule has 2 amide bonds. The van der Waals surface area contributed by atoms with Gasteiger partial charge in [-0.3, -0.25) is 0 Å². The van der Waals surface area contributed by atoms with Crippen LogP contribution in [0.25, 0.3) is 0 Å². The largest absolute Gasteiger partial charge is 0.486 e. The third kappa shape index (κ3) is 4.31. The van der Waals surface area contributed by atoms with Crippen molar-refractivity contribution in [2.24, 2.45) is 10.8 Å². The first kappa shape index (κ1) is 14.5. The molecular weight excluding hydrogens is 273 g/mol. The van der Waals surface area contributed by atoms with Gasteiger partial charge in [-0.15, -0.1) is 0 Å². The smallest absolute Gasteiger partial charge is 0.332 e. The Morgan fingerprint density at radius 1 is 1.24 bits per heavy atom. The summed E-state index contributed by atoms with van der Waals surface area (Å²) < 4.78 is 18.9. The normalized spacial score (nSPS) is 10.5. The number of hydrazone groups is 1. The quantitative estimate of drug-likeness (QED) is 0.654. The van der Waals surface area contributed by atoms with E-state index in [4.69, 9.17) is 10.5 Å². The Hall–Kier alpha value is -2.89. The highest BCUT2D eigenvalue weighted by atomic mass is 19.1. The minimum Gasteiger partial charge on any atom is -0.486 e. The molecule has 0 saturated carbocycles. The number of nitrogens with one attached hydrogen (secondary N) is 1. The first-order valence-electron chi connectivity index (χ1n) is 6.20. The lowest BCUT2D eigenvalue weighted by Gasteiger charge is -2.09. The molecule has 0 saturated heterocycles. The topological polar surface area (TPSA) is 76.7 Å². The van der Waals surface area contributed by atoms with Crippen LogP contribution >= 0.6 is 0 Å². The summed E-state index contributed by atoms with van der Waals surface area (Å²) in [6, 6.07) is 12.7. The fourth-order valence-corrected chi connectivity index (χ4v) is 1.67. The molecule has 0 radical (unpaired) electrons. The van der Waals surface area contributed by atoms with Crippen LogP contribution in [0.3, 0.4) is 0 Å². The second-order valence-electron chi connectivity index (χ2n) is 4.15. The number of carbonyl (C=O) groups is 1. The Labute approximate surface area is 121 Å². The Bertz CT molecular complexity index is 659. The van der Waals surface area contributed by atoms with Crippen molar-refractivity contribution in [3.63, 3.8) is 0 Å².